The third kappa shape index (κ3) is 3.60. The molecule has 0 aliphatic carbocycles. The second kappa shape index (κ2) is 6.79. The Morgan fingerprint density at radius 2 is 1.92 bits per heavy atom. The lowest BCUT2D eigenvalue weighted by atomic mass is 10.2. The number of hydrogen-bond acceptors (Lipinski definition) is 5. The van der Waals surface area contributed by atoms with Crippen molar-refractivity contribution < 1.29 is 13.2 Å². The van der Waals surface area contributed by atoms with E-state index in [0.29, 0.717) is 12.1 Å². The van der Waals surface area contributed by atoms with Crippen LogP contribution < -0.4 is 10.0 Å². The Labute approximate surface area is 139 Å². The topological polar surface area (TPSA) is 101 Å². The van der Waals surface area contributed by atoms with E-state index in [1.807, 2.05) is 12.1 Å². The van der Waals surface area contributed by atoms with Crippen molar-refractivity contribution in [2.75, 3.05) is 6.54 Å². The molecule has 1 amide bonds. The molecule has 24 heavy (non-hydrogen) atoms. The van der Waals surface area contributed by atoms with E-state index < -0.39 is 10.0 Å². The average molecular weight is 344 g/mol. The van der Waals surface area contributed by atoms with Gasteiger partial charge in [0, 0.05) is 30.9 Å². The first-order valence-corrected chi connectivity index (χ1v) is 8.87. The number of amides is 1. The molecule has 0 unspecified atom stereocenters. The van der Waals surface area contributed by atoms with Crippen LogP contribution in [0.3, 0.4) is 0 Å². The highest BCUT2D eigenvalue weighted by Gasteiger charge is 2.29. The SMILES string of the molecule is O=C(CCN=C1NS(=O)(=O)c2ccccc21)NCc1ccncc1. The Bertz CT molecular complexity index is 879. The van der Waals surface area contributed by atoms with Gasteiger partial charge in [0.15, 0.2) is 0 Å². The van der Waals surface area contributed by atoms with Gasteiger partial charge in [-0.15, -0.1) is 0 Å². The lowest BCUT2D eigenvalue weighted by Gasteiger charge is -2.04. The predicted molar refractivity (Wildman–Crippen MR) is 88.9 cm³/mol. The van der Waals surface area contributed by atoms with Gasteiger partial charge in [-0.3, -0.25) is 19.5 Å². The maximum absolute atomic E-state index is 11.9. The molecule has 1 aliphatic heterocycles. The van der Waals surface area contributed by atoms with Crippen molar-refractivity contribution in [2.24, 2.45) is 4.99 Å². The quantitative estimate of drug-likeness (QED) is 0.839. The van der Waals surface area contributed by atoms with Crippen molar-refractivity contribution in [1.29, 1.82) is 0 Å². The molecule has 0 atom stereocenters. The van der Waals surface area contributed by atoms with Gasteiger partial charge in [-0.1, -0.05) is 12.1 Å². The molecular formula is C16H16N4O3S. The molecule has 3 rings (SSSR count). The standard InChI is InChI=1S/C16H16N4O3S/c21-15(19-11-12-5-8-17-9-6-12)7-10-18-16-13-3-1-2-4-14(13)24(22,23)20-16/h1-6,8-9H,7,10-11H2,(H,18,20)(H,19,21). The molecule has 0 saturated heterocycles. The number of pyridine rings is 1. The largest absolute Gasteiger partial charge is 0.352 e. The molecular weight excluding hydrogens is 328 g/mol. The molecule has 1 aliphatic rings. The van der Waals surface area contributed by atoms with Crippen LogP contribution in [0.2, 0.25) is 0 Å². The van der Waals surface area contributed by atoms with Crippen LogP contribution in [-0.2, 0) is 21.4 Å². The minimum Gasteiger partial charge on any atom is -0.352 e. The molecule has 7 nitrogen and oxygen atoms in total. The highest BCUT2D eigenvalue weighted by molar-refractivity contribution is 7.90. The van der Waals surface area contributed by atoms with Crippen LogP contribution in [0.25, 0.3) is 0 Å². The number of aliphatic imine (C=N–C) groups is 1. The maximum atomic E-state index is 11.9. The Morgan fingerprint density at radius 3 is 2.71 bits per heavy atom. The third-order valence-corrected chi connectivity index (χ3v) is 4.91. The molecule has 0 fully saturated rings. The Morgan fingerprint density at radius 1 is 1.17 bits per heavy atom. The van der Waals surface area contributed by atoms with Gasteiger partial charge in [-0.25, -0.2) is 8.42 Å². The second-order valence-electron chi connectivity index (χ2n) is 5.21. The molecule has 124 valence electrons. The van der Waals surface area contributed by atoms with E-state index in [-0.39, 0.29) is 29.6 Å². The number of nitrogens with one attached hydrogen (secondary N) is 2. The second-order valence-corrected chi connectivity index (χ2v) is 6.87. The Kier molecular flexibility index (Phi) is 4.57. The van der Waals surface area contributed by atoms with E-state index in [2.05, 4.69) is 20.0 Å². The lowest BCUT2D eigenvalue weighted by molar-refractivity contribution is -0.121. The molecule has 0 radical (unpaired) electrons. The highest BCUT2D eigenvalue weighted by Crippen LogP contribution is 2.22. The molecule has 0 spiro atoms. The summed E-state index contributed by atoms with van der Waals surface area (Å²) < 4.78 is 26.3. The van der Waals surface area contributed by atoms with Gasteiger partial charge < -0.3 is 5.32 Å². The zero-order valence-corrected chi connectivity index (χ0v) is 13.6. The third-order valence-electron chi connectivity index (χ3n) is 3.51. The van der Waals surface area contributed by atoms with Crippen molar-refractivity contribution >= 4 is 21.8 Å². The van der Waals surface area contributed by atoms with Gasteiger partial charge >= 0.3 is 0 Å². The molecule has 2 aromatic rings. The van der Waals surface area contributed by atoms with Gasteiger partial charge in [0.05, 0.1) is 11.4 Å². The minimum absolute atomic E-state index is 0.148. The Hall–Kier alpha value is -2.74. The van der Waals surface area contributed by atoms with Crippen LogP contribution in [0.4, 0.5) is 0 Å². The fourth-order valence-corrected chi connectivity index (χ4v) is 3.56. The zero-order chi connectivity index (χ0) is 17.0. The molecule has 0 bridgehead atoms. The Balaban J connectivity index is 1.56. The van der Waals surface area contributed by atoms with Crippen molar-refractivity contribution in [3.63, 3.8) is 0 Å². The molecule has 1 aromatic heterocycles. The summed E-state index contributed by atoms with van der Waals surface area (Å²) in [6, 6.07) is 10.3. The predicted octanol–water partition coefficient (Wildman–Crippen LogP) is 0.827. The van der Waals surface area contributed by atoms with Gasteiger partial charge in [0.2, 0.25) is 5.91 Å². The van der Waals surface area contributed by atoms with Gasteiger partial charge in [0.1, 0.15) is 5.84 Å². The van der Waals surface area contributed by atoms with Crippen LogP contribution in [0.15, 0.2) is 58.7 Å². The molecule has 0 saturated carbocycles. The van der Waals surface area contributed by atoms with Gasteiger partial charge in [-0.2, -0.15) is 0 Å². The molecule has 8 heteroatoms. The number of carbonyl (C=O) groups excluding carboxylic acids is 1. The monoisotopic (exact) mass is 344 g/mol. The summed E-state index contributed by atoms with van der Waals surface area (Å²) in [7, 11) is -3.54. The van der Waals surface area contributed by atoms with E-state index >= 15 is 0 Å². The summed E-state index contributed by atoms with van der Waals surface area (Å²) in [5, 5.41) is 2.79. The first-order valence-electron chi connectivity index (χ1n) is 7.38. The van der Waals surface area contributed by atoms with E-state index in [9.17, 15) is 13.2 Å². The van der Waals surface area contributed by atoms with Crippen LogP contribution in [0, 0.1) is 0 Å². The van der Waals surface area contributed by atoms with Gasteiger partial charge in [0.25, 0.3) is 10.0 Å². The number of aromatic nitrogens is 1. The van der Waals surface area contributed by atoms with E-state index in [0.717, 1.165) is 5.56 Å². The number of sulfonamides is 1. The molecule has 1 aromatic carbocycles. The number of hydrogen-bond donors (Lipinski definition) is 2. The summed E-state index contributed by atoms with van der Waals surface area (Å²) in [5.41, 5.74) is 1.50. The summed E-state index contributed by atoms with van der Waals surface area (Å²) in [6.07, 6.45) is 3.51. The van der Waals surface area contributed by atoms with Crippen LogP contribution >= 0.6 is 0 Å². The summed E-state index contributed by atoms with van der Waals surface area (Å²) in [5.74, 6) is 0.137. The minimum atomic E-state index is -3.54. The molecule has 2 heterocycles. The normalized spacial score (nSPS) is 16.4. The fourth-order valence-electron chi connectivity index (χ4n) is 2.31. The summed E-state index contributed by atoms with van der Waals surface area (Å²) in [4.78, 5) is 20.2. The maximum Gasteiger partial charge on any atom is 0.263 e. The van der Waals surface area contributed by atoms with Crippen LogP contribution in [0.1, 0.15) is 17.5 Å². The molecule has 2 N–H and O–H groups in total. The van der Waals surface area contributed by atoms with E-state index in [1.54, 1.807) is 30.6 Å². The van der Waals surface area contributed by atoms with E-state index in [4.69, 9.17) is 0 Å². The van der Waals surface area contributed by atoms with Crippen LogP contribution in [-0.4, -0.2) is 31.7 Å². The number of benzene rings is 1. The van der Waals surface area contributed by atoms with Crippen LogP contribution in [0.5, 0.6) is 0 Å². The zero-order valence-electron chi connectivity index (χ0n) is 12.8. The lowest BCUT2D eigenvalue weighted by Crippen LogP contribution is -2.25. The number of nitrogens with zero attached hydrogens (tertiary/aromatic N) is 2. The number of carbonyl (C=O) groups is 1. The van der Waals surface area contributed by atoms with Crippen molar-refractivity contribution in [3.8, 4) is 0 Å². The number of fused-ring (bicyclic) bond motifs is 1. The first-order chi connectivity index (χ1) is 11.6. The number of amidine groups is 1. The summed E-state index contributed by atoms with van der Waals surface area (Å²) >= 11 is 0. The van der Waals surface area contributed by atoms with Crippen molar-refractivity contribution in [2.45, 2.75) is 17.9 Å². The van der Waals surface area contributed by atoms with Crippen molar-refractivity contribution in [1.82, 2.24) is 15.0 Å². The van der Waals surface area contributed by atoms with E-state index in [1.165, 1.54) is 6.07 Å². The van der Waals surface area contributed by atoms with Crippen molar-refractivity contribution in [3.05, 3.63) is 59.9 Å². The summed E-state index contributed by atoms with van der Waals surface area (Å²) in [6.45, 7) is 0.627. The first kappa shape index (κ1) is 16.1. The smallest absolute Gasteiger partial charge is 0.263 e. The fraction of sp³-hybridized carbons (Fsp3) is 0.188. The highest BCUT2D eigenvalue weighted by atomic mass is 32.2. The average Bonchev–Trinajstić information content (AvgIpc) is 2.85. The number of rotatable bonds is 5. The van der Waals surface area contributed by atoms with Gasteiger partial charge in [-0.05, 0) is 29.8 Å².